The number of aliphatic carboxylic acids is 1. The third-order valence-electron chi connectivity index (χ3n) is 9.26. The van der Waals surface area contributed by atoms with Gasteiger partial charge in [0.05, 0.1) is 12.2 Å². The van der Waals surface area contributed by atoms with Gasteiger partial charge in [-0.3, -0.25) is 4.79 Å². The van der Waals surface area contributed by atoms with Crippen LogP contribution in [-0.4, -0.2) is 40.6 Å². The lowest BCUT2D eigenvalue weighted by Crippen LogP contribution is -2.43. The Bertz CT molecular complexity index is 1000. The maximum Gasteiger partial charge on any atom is 0.326 e. The van der Waals surface area contributed by atoms with Crippen LogP contribution in [0.15, 0.2) is 12.1 Å². The first-order valence-corrected chi connectivity index (χ1v) is 13.2. The average molecular weight is 470 g/mol. The highest BCUT2D eigenvalue weighted by atomic mass is 19.1. The molecule has 5 atom stereocenters. The summed E-state index contributed by atoms with van der Waals surface area (Å²) in [6.45, 7) is 5.31. The highest BCUT2D eigenvalue weighted by Crippen LogP contribution is 2.54. The van der Waals surface area contributed by atoms with Crippen molar-refractivity contribution < 1.29 is 23.8 Å². The summed E-state index contributed by atoms with van der Waals surface area (Å²) in [6, 6.07) is 2.18. The fraction of sp³-hybridized carbons (Fsp3) is 0.714. The highest BCUT2D eigenvalue weighted by molar-refractivity contribution is 5.98. The van der Waals surface area contributed by atoms with Gasteiger partial charge >= 0.3 is 5.97 Å². The Labute approximate surface area is 201 Å². The number of nitrogens with zero attached hydrogens (tertiary/aromatic N) is 1. The van der Waals surface area contributed by atoms with Crippen molar-refractivity contribution in [2.24, 2.45) is 29.1 Å². The molecule has 4 saturated carbocycles. The summed E-state index contributed by atoms with van der Waals surface area (Å²) in [4.78, 5) is 26.5. The van der Waals surface area contributed by atoms with Gasteiger partial charge in [-0.15, -0.1) is 0 Å². The summed E-state index contributed by atoms with van der Waals surface area (Å²) in [7, 11) is 0. The van der Waals surface area contributed by atoms with E-state index in [2.05, 4.69) is 13.8 Å². The second kappa shape index (κ2) is 7.96. The number of hydrogen-bond donors (Lipinski definition) is 1. The lowest BCUT2D eigenvalue weighted by molar-refractivity contribution is -0.141. The molecule has 2 unspecified atom stereocenters. The van der Waals surface area contributed by atoms with Crippen molar-refractivity contribution in [2.75, 3.05) is 6.61 Å². The minimum Gasteiger partial charge on any atom is -0.493 e. The van der Waals surface area contributed by atoms with Crippen molar-refractivity contribution in [3.05, 3.63) is 29.1 Å². The Hall–Kier alpha value is -2.11. The Morgan fingerprint density at radius 2 is 1.79 bits per heavy atom. The van der Waals surface area contributed by atoms with Gasteiger partial charge in [-0.1, -0.05) is 13.8 Å². The normalized spacial score (nSPS) is 38.4. The second-order valence-electron chi connectivity index (χ2n) is 12.5. The molecule has 5 nitrogen and oxygen atoms in total. The van der Waals surface area contributed by atoms with E-state index in [1.165, 1.54) is 43.1 Å². The Morgan fingerprint density at radius 1 is 1.09 bits per heavy atom. The molecule has 6 heteroatoms. The number of carbonyl (C=O) groups excluding carboxylic acids is 1. The lowest BCUT2D eigenvalue weighted by Gasteiger charge is -2.49. The van der Waals surface area contributed by atoms with Crippen LogP contribution in [0.25, 0.3) is 0 Å². The molecule has 1 aliphatic heterocycles. The molecule has 1 saturated heterocycles. The van der Waals surface area contributed by atoms with Crippen molar-refractivity contribution in [3.8, 4) is 5.75 Å². The number of carbonyl (C=O) groups is 2. The maximum absolute atomic E-state index is 15.4. The molecule has 5 fully saturated rings. The molecule has 1 aromatic rings. The van der Waals surface area contributed by atoms with Gasteiger partial charge in [0.1, 0.15) is 17.6 Å². The van der Waals surface area contributed by atoms with E-state index >= 15 is 4.39 Å². The summed E-state index contributed by atoms with van der Waals surface area (Å²) in [5.74, 6) is 1.22. The molecule has 34 heavy (non-hydrogen) atoms. The molecule has 0 radical (unpaired) electrons. The molecule has 1 N–H and O–H groups in total. The molecule has 0 aromatic heterocycles. The molecule has 6 rings (SSSR count). The quantitative estimate of drug-likeness (QED) is 0.587. The minimum absolute atomic E-state index is 0.00357. The molecular formula is C28H36FNO4. The maximum atomic E-state index is 15.4. The Kier molecular flexibility index (Phi) is 5.23. The fourth-order valence-corrected chi connectivity index (χ4v) is 8.00. The number of benzene rings is 1. The number of amides is 1. The highest BCUT2D eigenvalue weighted by Gasteiger charge is 2.56. The summed E-state index contributed by atoms with van der Waals surface area (Å²) in [6.07, 6.45) is 9.48. The van der Waals surface area contributed by atoms with Crippen LogP contribution in [0.5, 0.6) is 5.75 Å². The van der Waals surface area contributed by atoms with Crippen LogP contribution in [0.2, 0.25) is 0 Å². The molecule has 5 aliphatic rings. The Morgan fingerprint density at radius 3 is 2.44 bits per heavy atom. The summed E-state index contributed by atoms with van der Waals surface area (Å²) >= 11 is 0. The van der Waals surface area contributed by atoms with Crippen LogP contribution < -0.4 is 4.74 Å². The molecule has 0 spiro atoms. The van der Waals surface area contributed by atoms with E-state index in [1.54, 1.807) is 6.07 Å². The monoisotopic (exact) mass is 469 g/mol. The number of rotatable bonds is 6. The van der Waals surface area contributed by atoms with Crippen LogP contribution >= 0.6 is 0 Å². The number of likely N-dealkylation sites (tertiary alicyclic amines) is 1. The molecule has 184 valence electrons. The first-order valence-electron chi connectivity index (χ1n) is 13.2. The van der Waals surface area contributed by atoms with Crippen LogP contribution in [0.1, 0.15) is 93.5 Å². The van der Waals surface area contributed by atoms with Gasteiger partial charge in [-0.2, -0.15) is 0 Å². The van der Waals surface area contributed by atoms with Gasteiger partial charge in [-0.25, -0.2) is 9.18 Å². The van der Waals surface area contributed by atoms with E-state index in [0.29, 0.717) is 36.5 Å². The summed E-state index contributed by atoms with van der Waals surface area (Å²) < 4.78 is 21.8. The Balaban J connectivity index is 1.26. The third kappa shape index (κ3) is 3.91. The van der Waals surface area contributed by atoms with Crippen molar-refractivity contribution in [3.63, 3.8) is 0 Å². The minimum atomic E-state index is -0.996. The zero-order valence-electron chi connectivity index (χ0n) is 20.3. The van der Waals surface area contributed by atoms with Crippen molar-refractivity contribution in [1.82, 2.24) is 4.90 Å². The number of halogens is 1. The van der Waals surface area contributed by atoms with Crippen LogP contribution in [0.3, 0.4) is 0 Å². The van der Waals surface area contributed by atoms with Gasteiger partial charge < -0.3 is 14.7 Å². The van der Waals surface area contributed by atoms with Crippen molar-refractivity contribution in [1.29, 1.82) is 0 Å². The van der Waals surface area contributed by atoms with Crippen LogP contribution in [0.4, 0.5) is 4.39 Å². The number of carboxylic acids is 1. The van der Waals surface area contributed by atoms with E-state index in [1.807, 2.05) is 0 Å². The van der Waals surface area contributed by atoms with E-state index in [0.717, 1.165) is 30.7 Å². The van der Waals surface area contributed by atoms with Crippen molar-refractivity contribution in [2.45, 2.75) is 89.6 Å². The number of carboxylic acid groups (broad SMARTS) is 1. The molecule has 1 aromatic carbocycles. The van der Waals surface area contributed by atoms with Crippen molar-refractivity contribution >= 4 is 11.9 Å². The first-order chi connectivity index (χ1) is 16.2. The fourth-order valence-electron chi connectivity index (χ4n) is 8.00. The van der Waals surface area contributed by atoms with E-state index in [9.17, 15) is 14.7 Å². The zero-order valence-corrected chi connectivity index (χ0v) is 20.3. The topological polar surface area (TPSA) is 66.8 Å². The number of fused-ring (bicyclic) bond motifs is 3. The largest absolute Gasteiger partial charge is 0.493 e. The van der Waals surface area contributed by atoms with Gasteiger partial charge in [0.25, 0.3) is 5.91 Å². The van der Waals surface area contributed by atoms with Gasteiger partial charge in [-0.05, 0) is 99.0 Å². The third-order valence-corrected chi connectivity index (χ3v) is 9.26. The molecule has 1 amide bonds. The first kappa shape index (κ1) is 22.4. The molecule has 4 aliphatic carbocycles. The predicted molar refractivity (Wildman–Crippen MR) is 125 cm³/mol. The second-order valence-corrected chi connectivity index (χ2v) is 12.5. The predicted octanol–water partition coefficient (Wildman–Crippen LogP) is 5.62. The summed E-state index contributed by atoms with van der Waals surface area (Å²) in [5.41, 5.74) is 1.09. The van der Waals surface area contributed by atoms with E-state index in [4.69, 9.17) is 4.74 Å². The molecule has 2 bridgehead atoms. The van der Waals surface area contributed by atoms with E-state index < -0.39 is 23.7 Å². The number of ether oxygens (including phenoxy) is 1. The zero-order chi connectivity index (χ0) is 23.8. The number of piperidine rings is 1. The standard InChI is InChI=1S/C28H36FNO4/c1-15-5-17-6-16(2)12-28(11-15,13-17)14-34-25-10-22(29)21(9-20(25)18-3-4-18)26(31)30-23-7-19(23)8-24(30)27(32)33/h9-10,15-19,23-24H,3-8,11-14H2,1-2H3,(H,32,33)/t15?,16?,17?,19-,23-,24+,28?/m1/s1. The smallest absolute Gasteiger partial charge is 0.326 e. The van der Waals surface area contributed by atoms with E-state index in [-0.39, 0.29) is 22.9 Å². The van der Waals surface area contributed by atoms with Gasteiger partial charge in [0, 0.05) is 17.5 Å². The molecule has 1 heterocycles. The molecular weight excluding hydrogens is 433 g/mol. The lowest BCUT2D eigenvalue weighted by atomic mass is 9.57. The number of hydrogen-bond acceptors (Lipinski definition) is 3. The van der Waals surface area contributed by atoms with Crippen LogP contribution in [-0.2, 0) is 4.79 Å². The average Bonchev–Trinajstić information content (AvgIpc) is 3.69. The SMILES string of the molecule is CC1CC2CC(C)CC(COc3cc(F)c(C(=O)N4[C@@H]5C[C@@H]5C[C@H]4C(=O)O)cc3C3CC3)(C1)C2. The van der Waals surface area contributed by atoms with Gasteiger partial charge in [0.2, 0.25) is 0 Å². The van der Waals surface area contributed by atoms with Gasteiger partial charge in [0.15, 0.2) is 0 Å². The van der Waals surface area contributed by atoms with Crippen LogP contribution in [0, 0.1) is 34.9 Å². The summed E-state index contributed by atoms with van der Waals surface area (Å²) in [5, 5.41) is 9.58.